The first-order chi connectivity index (χ1) is 4.59. The molecule has 2 atom stereocenters. The van der Waals surface area contributed by atoms with Crippen molar-refractivity contribution < 1.29 is 10.2 Å². The van der Waals surface area contributed by atoms with Gasteiger partial charge in [0.05, 0.1) is 6.10 Å². The van der Waals surface area contributed by atoms with E-state index < -0.39 is 0 Å². The molecule has 62 valence electrons. The zero-order valence-corrected chi connectivity index (χ0v) is 7.04. The third-order valence-corrected chi connectivity index (χ3v) is 2.08. The average Bonchev–Trinajstić information content (AvgIpc) is 1.87. The summed E-state index contributed by atoms with van der Waals surface area (Å²) in [6.07, 6.45) is 0.157. The number of hydrogen-bond acceptors (Lipinski definition) is 2. The lowest BCUT2D eigenvalue weighted by Gasteiger charge is -2.21. The third kappa shape index (κ3) is 3.18. The first kappa shape index (κ1) is 9.92. The molecule has 0 fully saturated rings. The van der Waals surface area contributed by atoms with Crippen LogP contribution in [0.3, 0.4) is 0 Å². The second-order valence-electron chi connectivity index (χ2n) is 3.18. The van der Waals surface area contributed by atoms with Crippen molar-refractivity contribution in [3.8, 4) is 0 Å². The first-order valence-corrected chi connectivity index (χ1v) is 3.88. The van der Waals surface area contributed by atoms with Gasteiger partial charge in [0.25, 0.3) is 0 Å². The Hall–Kier alpha value is -0.0800. The minimum Gasteiger partial charge on any atom is -0.396 e. The SMILES string of the molecule is CC(C)C(C)C(O)CCO. The lowest BCUT2D eigenvalue weighted by atomic mass is 9.91. The average molecular weight is 146 g/mol. The molecule has 2 N–H and O–H groups in total. The number of aliphatic hydroxyl groups is 2. The molecule has 0 radical (unpaired) electrons. The molecule has 0 spiro atoms. The third-order valence-electron chi connectivity index (χ3n) is 2.08. The highest BCUT2D eigenvalue weighted by molar-refractivity contribution is 4.66. The van der Waals surface area contributed by atoms with Gasteiger partial charge >= 0.3 is 0 Å². The minimum atomic E-state index is -0.343. The molecular formula is C8H18O2. The van der Waals surface area contributed by atoms with Gasteiger partial charge in [-0.3, -0.25) is 0 Å². The van der Waals surface area contributed by atoms with E-state index in [0.29, 0.717) is 12.3 Å². The fourth-order valence-corrected chi connectivity index (χ4v) is 0.839. The van der Waals surface area contributed by atoms with Gasteiger partial charge in [0, 0.05) is 6.61 Å². The maximum Gasteiger partial charge on any atom is 0.0590 e. The molecule has 0 saturated carbocycles. The second kappa shape index (κ2) is 4.69. The summed E-state index contributed by atoms with van der Waals surface area (Å²) in [6.45, 7) is 6.24. The highest BCUT2D eigenvalue weighted by Gasteiger charge is 2.16. The van der Waals surface area contributed by atoms with Gasteiger partial charge in [-0.15, -0.1) is 0 Å². The van der Waals surface area contributed by atoms with E-state index >= 15 is 0 Å². The van der Waals surface area contributed by atoms with Crippen LogP contribution in [0.15, 0.2) is 0 Å². The summed E-state index contributed by atoms with van der Waals surface area (Å²) in [4.78, 5) is 0. The predicted molar refractivity (Wildman–Crippen MR) is 41.7 cm³/mol. The van der Waals surface area contributed by atoms with E-state index in [9.17, 15) is 5.11 Å². The van der Waals surface area contributed by atoms with Crippen LogP contribution < -0.4 is 0 Å². The Morgan fingerprint density at radius 1 is 1.20 bits per heavy atom. The smallest absolute Gasteiger partial charge is 0.0590 e. The summed E-state index contributed by atoms with van der Waals surface area (Å²) in [7, 11) is 0. The highest BCUT2D eigenvalue weighted by atomic mass is 16.3. The molecule has 0 rings (SSSR count). The monoisotopic (exact) mass is 146 g/mol. The standard InChI is InChI=1S/C8H18O2/c1-6(2)7(3)8(10)4-5-9/h6-10H,4-5H2,1-3H3. The number of aliphatic hydroxyl groups excluding tert-OH is 2. The van der Waals surface area contributed by atoms with Crippen LogP contribution in [0.25, 0.3) is 0 Å². The van der Waals surface area contributed by atoms with Crippen molar-refractivity contribution in [2.75, 3.05) is 6.61 Å². The molecule has 0 saturated heterocycles. The van der Waals surface area contributed by atoms with Gasteiger partial charge in [-0.05, 0) is 18.3 Å². The second-order valence-corrected chi connectivity index (χ2v) is 3.18. The molecule has 0 aromatic rings. The summed E-state index contributed by atoms with van der Waals surface area (Å²) in [5.41, 5.74) is 0. The first-order valence-electron chi connectivity index (χ1n) is 3.88. The predicted octanol–water partition coefficient (Wildman–Crippen LogP) is 1.02. The van der Waals surface area contributed by atoms with Crippen molar-refractivity contribution in [2.24, 2.45) is 11.8 Å². The van der Waals surface area contributed by atoms with Gasteiger partial charge in [0.2, 0.25) is 0 Å². The largest absolute Gasteiger partial charge is 0.396 e. The van der Waals surface area contributed by atoms with E-state index in [4.69, 9.17) is 5.11 Å². The van der Waals surface area contributed by atoms with Crippen LogP contribution in [0, 0.1) is 11.8 Å². The Morgan fingerprint density at radius 2 is 1.70 bits per heavy atom. The normalized spacial score (nSPS) is 17.4. The fraction of sp³-hybridized carbons (Fsp3) is 1.00. The van der Waals surface area contributed by atoms with Gasteiger partial charge in [0.1, 0.15) is 0 Å². The lowest BCUT2D eigenvalue weighted by Crippen LogP contribution is -2.23. The molecule has 0 bridgehead atoms. The molecule has 2 nitrogen and oxygen atoms in total. The summed E-state index contributed by atoms with van der Waals surface area (Å²) >= 11 is 0. The zero-order valence-electron chi connectivity index (χ0n) is 7.04. The van der Waals surface area contributed by atoms with Gasteiger partial charge in [-0.1, -0.05) is 20.8 Å². The number of rotatable bonds is 4. The minimum absolute atomic E-state index is 0.0816. The van der Waals surface area contributed by atoms with Crippen molar-refractivity contribution in [3.05, 3.63) is 0 Å². The van der Waals surface area contributed by atoms with Crippen LogP contribution in [0.1, 0.15) is 27.2 Å². The molecule has 0 aliphatic heterocycles. The van der Waals surface area contributed by atoms with Crippen LogP contribution in [-0.4, -0.2) is 22.9 Å². The van der Waals surface area contributed by atoms with E-state index in [0.717, 1.165) is 0 Å². The highest BCUT2D eigenvalue weighted by Crippen LogP contribution is 2.15. The maximum absolute atomic E-state index is 9.33. The quantitative estimate of drug-likeness (QED) is 0.621. The fourth-order valence-electron chi connectivity index (χ4n) is 0.839. The van der Waals surface area contributed by atoms with E-state index in [1.807, 2.05) is 6.92 Å². The number of hydrogen-bond donors (Lipinski definition) is 2. The molecule has 0 aromatic carbocycles. The van der Waals surface area contributed by atoms with Gasteiger partial charge in [-0.2, -0.15) is 0 Å². The molecule has 2 unspecified atom stereocenters. The molecular weight excluding hydrogens is 128 g/mol. The summed E-state index contributed by atoms with van der Waals surface area (Å²) in [6, 6.07) is 0. The molecule has 0 aliphatic carbocycles. The van der Waals surface area contributed by atoms with E-state index in [1.165, 1.54) is 0 Å². The Bertz CT molecular complexity index is 81.3. The van der Waals surface area contributed by atoms with Crippen molar-refractivity contribution in [1.29, 1.82) is 0 Å². The molecule has 0 heterocycles. The maximum atomic E-state index is 9.33. The van der Waals surface area contributed by atoms with Crippen molar-refractivity contribution >= 4 is 0 Å². The van der Waals surface area contributed by atoms with Crippen LogP contribution >= 0.6 is 0 Å². The summed E-state index contributed by atoms with van der Waals surface area (Å²) < 4.78 is 0. The van der Waals surface area contributed by atoms with Crippen LogP contribution in [-0.2, 0) is 0 Å². The Labute approximate surface area is 62.9 Å². The van der Waals surface area contributed by atoms with Crippen molar-refractivity contribution in [2.45, 2.75) is 33.3 Å². The molecule has 0 aromatic heterocycles. The Kier molecular flexibility index (Phi) is 4.65. The van der Waals surface area contributed by atoms with Crippen molar-refractivity contribution in [3.63, 3.8) is 0 Å². The molecule has 10 heavy (non-hydrogen) atoms. The van der Waals surface area contributed by atoms with Crippen LogP contribution in [0.4, 0.5) is 0 Å². The topological polar surface area (TPSA) is 40.5 Å². The van der Waals surface area contributed by atoms with Gasteiger partial charge in [0.15, 0.2) is 0 Å². The van der Waals surface area contributed by atoms with Gasteiger partial charge < -0.3 is 10.2 Å². The Morgan fingerprint density at radius 3 is 2.00 bits per heavy atom. The Balaban J connectivity index is 3.58. The zero-order chi connectivity index (χ0) is 8.15. The van der Waals surface area contributed by atoms with Crippen LogP contribution in [0.2, 0.25) is 0 Å². The molecule has 0 aliphatic rings. The van der Waals surface area contributed by atoms with Gasteiger partial charge in [-0.25, -0.2) is 0 Å². The van der Waals surface area contributed by atoms with E-state index in [2.05, 4.69) is 13.8 Å². The van der Waals surface area contributed by atoms with Crippen molar-refractivity contribution in [1.82, 2.24) is 0 Å². The molecule has 2 heteroatoms. The van der Waals surface area contributed by atoms with E-state index in [-0.39, 0.29) is 18.6 Å². The van der Waals surface area contributed by atoms with E-state index in [1.54, 1.807) is 0 Å². The molecule has 0 amide bonds. The van der Waals surface area contributed by atoms with Crippen LogP contribution in [0.5, 0.6) is 0 Å². The summed E-state index contributed by atoms with van der Waals surface area (Å²) in [5.74, 6) is 0.772. The summed E-state index contributed by atoms with van der Waals surface area (Å²) in [5, 5.41) is 17.8. The lowest BCUT2D eigenvalue weighted by molar-refractivity contribution is 0.0662.